The molecule has 0 saturated carbocycles. The Balaban J connectivity index is 2.37. The number of nitrogens with one attached hydrogen (secondary N) is 1. The third-order valence-electron chi connectivity index (χ3n) is 3.85. The van der Waals surface area contributed by atoms with Gasteiger partial charge in [-0.3, -0.25) is 0 Å². The lowest BCUT2D eigenvalue weighted by atomic mass is 9.99. The second-order valence-electron chi connectivity index (χ2n) is 5.06. The summed E-state index contributed by atoms with van der Waals surface area (Å²) < 4.78 is 29.7. The van der Waals surface area contributed by atoms with Crippen molar-refractivity contribution in [1.82, 2.24) is 5.32 Å². The smallest absolute Gasteiger partial charge is 0.155 e. The number of methoxy groups -OCH3 is 1. The first-order valence-corrected chi connectivity index (χ1v) is 8.81. The summed E-state index contributed by atoms with van der Waals surface area (Å²) in [6, 6.07) is 5.09. The number of ether oxygens (including phenoxy) is 1. The molecule has 1 aliphatic heterocycles. The SMILES string of the molecule is CNC(c1ccc(OC)cc1Cl)C1CCCCS1(=O)=O. The van der Waals surface area contributed by atoms with Crippen molar-refractivity contribution in [3.05, 3.63) is 28.8 Å². The van der Waals surface area contributed by atoms with E-state index in [0.717, 1.165) is 18.4 Å². The number of rotatable bonds is 4. The number of hydrogen-bond donors (Lipinski definition) is 1. The standard InChI is InChI=1S/C14H20ClNO3S/c1-16-14(13-5-3-4-8-20(13,17)18)11-7-6-10(19-2)9-12(11)15/h6-7,9,13-14,16H,3-5,8H2,1-2H3. The van der Waals surface area contributed by atoms with Crippen LogP contribution in [0, 0.1) is 0 Å². The minimum atomic E-state index is -3.07. The fraction of sp³-hybridized carbons (Fsp3) is 0.571. The molecule has 1 N–H and O–H groups in total. The zero-order valence-electron chi connectivity index (χ0n) is 11.7. The van der Waals surface area contributed by atoms with Crippen molar-refractivity contribution in [3.8, 4) is 5.75 Å². The average molecular weight is 318 g/mol. The zero-order valence-corrected chi connectivity index (χ0v) is 13.3. The van der Waals surface area contributed by atoms with Crippen molar-refractivity contribution >= 4 is 21.4 Å². The molecule has 1 aliphatic rings. The van der Waals surface area contributed by atoms with Gasteiger partial charge in [-0.1, -0.05) is 24.1 Å². The predicted molar refractivity (Wildman–Crippen MR) is 81.2 cm³/mol. The van der Waals surface area contributed by atoms with Crippen LogP contribution in [0.3, 0.4) is 0 Å². The van der Waals surface area contributed by atoms with Gasteiger partial charge in [0.1, 0.15) is 5.75 Å². The van der Waals surface area contributed by atoms with Crippen molar-refractivity contribution in [2.75, 3.05) is 19.9 Å². The highest BCUT2D eigenvalue weighted by molar-refractivity contribution is 7.92. The maximum atomic E-state index is 12.3. The van der Waals surface area contributed by atoms with Crippen LogP contribution in [0.1, 0.15) is 30.9 Å². The number of halogens is 1. The fourth-order valence-electron chi connectivity index (χ4n) is 2.78. The first-order valence-electron chi connectivity index (χ1n) is 6.72. The highest BCUT2D eigenvalue weighted by Crippen LogP contribution is 2.35. The lowest BCUT2D eigenvalue weighted by molar-refractivity contribution is 0.414. The van der Waals surface area contributed by atoms with Crippen molar-refractivity contribution in [1.29, 1.82) is 0 Å². The molecule has 2 unspecified atom stereocenters. The molecular formula is C14H20ClNO3S. The van der Waals surface area contributed by atoms with E-state index < -0.39 is 15.1 Å². The fourth-order valence-corrected chi connectivity index (χ4v) is 5.20. The molecule has 0 bridgehead atoms. The quantitative estimate of drug-likeness (QED) is 0.927. The summed E-state index contributed by atoms with van der Waals surface area (Å²) in [5.41, 5.74) is 0.811. The van der Waals surface area contributed by atoms with Crippen LogP contribution in [0.4, 0.5) is 0 Å². The second kappa shape index (κ2) is 6.33. The molecule has 2 atom stereocenters. The van der Waals surface area contributed by atoms with E-state index in [1.165, 1.54) is 0 Å². The average Bonchev–Trinajstić information content (AvgIpc) is 2.42. The highest BCUT2D eigenvalue weighted by atomic mass is 35.5. The maximum Gasteiger partial charge on any atom is 0.155 e. The van der Waals surface area contributed by atoms with Gasteiger partial charge in [0.25, 0.3) is 0 Å². The highest BCUT2D eigenvalue weighted by Gasteiger charge is 2.36. The molecule has 2 rings (SSSR count). The van der Waals surface area contributed by atoms with E-state index in [0.29, 0.717) is 17.2 Å². The van der Waals surface area contributed by atoms with Gasteiger partial charge in [-0.15, -0.1) is 0 Å². The van der Waals surface area contributed by atoms with Crippen LogP contribution in [-0.2, 0) is 9.84 Å². The van der Waals surface area contributed by atoms with Gasteiger partial charge in [0, 0.05) is 5.02 Å². The minimum Gasteiger partial charge on any atom is -0.497 e. The molecular weight excluding hydrogens is 298 g/mol. The molecule has 0 aliphatic carbocycles. The Kier molecular flexibility index (Phi) is 4.94. The zero-order chi connectivity index (χ0) is 14.8. The van der Waals surface area contributed by atoms with Crippen LogP contribution in [0.15, 0.2) is 18.2 Å². The van der Waals surface area contributed by atoms with E-state index in [-0.39, 0.29) is 11.8 Å². The molecule has 0 radical (unpaired) electrons. The predicted octanol–water partition coefficient (Wildman–Crippen LogP) is 2.58. The molecule has 112 valence electrons. The molecule has 1 saturated heterocycles. The van der Waals surface area contributed by atoms with E-state index in [1.807, 2.05) is 6.07 Å². The van der Waals surface area contributed by atoms with Gasteiger partial charge in [-0.25, -0.2) is 8.42 Å². The monoisotopic (exact) mass is 317 g/mol. The Hall–Kier alpha value is -0.780. The number of benzene rings is 1. The van der Waals surface area contributed by atoms with Crippen LogP contribution in [0.25, 0.3) is 0 Å². The van der Waals surface area contributed by atoms with E-state index >= 15 is 0 Å². The summed E-state index contributed by atoms with van der Waals surface area (Å²) in [5, 5.41) is 3.24. The number of sulfone groups is 1. The molecule has 1 aromatic carbocycles. The van der Waals surface area contributed by atoms with Crippen LogP contribution >= 0.6 is 11.6 Å². The lowest BCUT2D eigenvalue weighted by Crippen LogP contribution is -2.39. The van der Waals surface area contributed by atoms with Crippen molar-refractivity contribution < 1.29 is 13.2 Å². The molecule has 1 fully saturated rings. The molecule has 1 aromatic rings. The molecule has 0 aromatic heterocycles. The van der Waals surface area contributed by atoms with E-state index in [4.69, 9.17) is 16.3 Å². The Labute approximate surface area is 125 Å². The third-order valence-corrected chi connectivity index (χ3v) is 6.47. The summed E-state index contributed by atoms with van der Waals surface area (Å²) in [6.45, 7) is 0. The maximum absolute atomic E-state index is 12.3. The van der Waals surface area contributed by atoms with Gasteiger partial charge in [-0.05, 0) is 37.6 Å². The molecule has 4 nitrogen and oxygen atoms in total. The largest absolute Gasteiger partial charge is 0.497 e. The van der Waals surface area contributed by atoms with Crippen LogP contribution in [0.2, 0.25) is 5.02 Å². The summed E-state index contributed by atoms with van der Waals surface area (Å²) in [6.07, 6.45) is 2.37. The van der Waals surface area contributed by atoms with Gasteiger partial charge in [0.05, 0.1) is 24.2 Å². The van der Waals surface area contributed by atoms with Crippen molar-refractivity contribution in [3.63, 3.8) is 0 Å². The Morgan fingerprint density at radius 1 is 1.40 bits per heavy atom. The van der Waals surface area contributed by atoms with Crippen LogP contribution in [-0.4, -0.2) is 33.6 Å². The van der Waals surface area contributed by atoms with Crippen molar-refractivity contribution in [2.24, 2.45) is 0 Å². The summed E-state index contributed by atoms with van der Waals surface area (Å²) >= 11 is 6.28. The van der Waals surface area contributed by atoms with Crippen LogP contribution in [0.5, 0.6) is 5.75 Å². The van der Waals surface area contributed by atoms with E-state index in [1.54, 1.807) is 26.3 Å². The third kappa shape index (κ3) is 3.10. The summed E-state index contributed by atoms with van der Waals surface area (Å²) in [5.74, 6) is 0.934. The molecule has 0 amide bonds. The Bertz CT molecular complexity index is 574. The molecule has 0 spiro atoms. The molecule has 20 heavy (non-hydrogen) atoms. The first kappa shape index (κ1) is 15.6. The van der Waals surface area contributed by atoms with Gasteiger partial charge in [0.2, 0.25) is 0 Å². The van der Waals surface area contributed by atoms with Crippen LogP contribution < -0.4 is 10.1 Å². The summed E-state index contributed by atoms with van der Waals surface area (Å²) in [4.78, 5) is 0. The Morgan fingerprint density at radius 2 is 2.15 bits per heavy atom. The van der Waals surface area contributed by atoms with E-state index in [2.05, 4.69) is 5.32 Å². The van der Waals surface area contributed by atoms with Crippen molar-refractivity contribution in [2.45, 2.75) is 30.6 Å². The summed E-state index contributed by atoms with van der Waals surface area (Å²) in [7, 11) is 0.281. The van der Waals surface area contributed by atoms with Gasteiger partial charge >= 0.3 is 0 Å². The number of hydrogen-bond acceptors (Lipinski definition) is 4. The normalized spacial score (nSPS) is 23.2. The van der Waals surface area contributed by atoms with Gasteiger partial charge in [-0.2, -0.15) is 0 Å². The molecule has 1 heterocycles. The molecule has 6 heteroatoms. The van der Waals surface area contributed by atoms with Gasteiger partial charge in [0.15, 0.2) is 9.84 Å². The topological polar surface area (TPSA) is 55.4 Å². The minimum absolute atomic E-state index is 0.267. The van der Waals surface area contributed by atoms with Gasteiger partial charge < -0.3 is 10.1 Å². The lowest BCUT2D eigenvalue weighted by Gasteiger charge is -2.30. The second-order valence-corrected chi connectivity index (χ2v) is 7.80. The van der Waals surface area contributed by atoms with E-state index in [9.17, 15) is 8.42 Å². The Morgan fingerprint density at radius 3 is 2.70 bits per heavy atom. The first-order chi connectivity index (χ1) is 9.49.